The molecule has 1 unspecified atom stereocenters. The molecular formula is C18H24ClN5O. The number of rotatable bonds is 3. The Morgan fingerprint density at radius 1 is 1.36 bits per heavy atom. The summed E-state index contributed by atoms with van der Waals surface area (Å²) in [6.45, 7) is 3.49. The lowest BCUT2D eigenvalue weighted by Gasteiger charge is -2.32. The first-order valence-electron chi connectivity index (χ1n) is 9.19. The topological polar surface area (TPSA) is 69.6 Å². The van der Waals surface area contributed by atoms with E-state index < -0.39 is 0 Å². The number of piperidine rings is 2. The minimum absolute atomic E-state index is 0.0122. The maximum Gasteiger partial charge on any atom is 0.229 e. The van der Waals surface area contributed by atoms with E-state index in [0.717, 1.165) is 51.0 Å². The Bertz CT molecular complexity index is 686. The standard InChI is InChI=1S/C18H24ClN5O/c19-14-10-21-16(23-18(25)12-4-3-6-20-9-12)8-13(14)15-11-22-17-5-1-2-7-24(15)17/h8,10,12,15,20H,1-7,9,11H2,(H,21,23,25)/t12-,15?/m1/s1. The first-order chi connectivity index (χ1) is 12.2. The van der Waals surface area contributed by atoms with Crippen molar-refractivity contribution in [1.82, 2.24) is 15.2 Å². The number of fused-ring (bicyclic) bond motifs is 1. The summed E-state index contributed by atoms with van der Waals surface area (Å²) in [5.74, 6) is 1.83. The zero-order chi connectivity index (χ0) is 17.2. The molecule has 3 aliphatic heterocycles. The van der Waals surface area contributed by atoms with E-state index in [4.69, 9.17) is 11.6 Å². The lowest BCUT2D eigenvalue weighted by atomic mass is 9.99. The summed E-state index contributed by atoms with van der Waals surface area (Å²) in [4.78, 5) is 23.8. The van der Waals surface area contributed by atoms with Gasteiger partial charge in [-0.15, -0.1) is 0 Å². The van der Waals surface area contributed by atoms with E-state index in [1.54, 1.807) is 6.20 Å². The van der Waals surface area contributed by atoms with Gasteiger partial charge in [0.25, 0.3) is 0 Å². The molecule has 1 aromatic heterocycles. The summed E-state index contributed by atoms with van der Waals surface area (Å²) in [5.41, 5.74) is 1.01. The fourth-order valence-electron chi connectivity index (χ4n) is 3.98. The van der Waals surface area contributed by atoms with Crippen LogP contribution in [0.3, 0.4) is 0 Å². The SMILES string of the molecule is O=C(Nc1cc(C2CN=C3CCCCN32)c(Cl)cn1)[C@@H]1CCCNC1. The monoisotopic (exact) mass is 361 g/mol. The summed E-state index contributed by atoms with van der Waals surface area (Å²) in [5, 5.41) is 6.89. The molecule has 0 aromatic carbocycles. The number of nitrogens with one attached hydrogen (secondary N) is 2. The van der Waals surface area contributed by atoms with Crippen molar-refractivity contribution in [2.45, 2.75) is 38.1 Å². The third-order valence-corrected chi connectivity index (χ3v) is 5.68. The van der Waals surface area contributed by atoms with E-state index in [1.165, 1.54) is 18.7 Å². The summed E-state index contributed by atoms with van der Waals surface area (Å²) in [6.07, 6.45) is 7.06. The maximum atomic E-state index is 12.5. The molecule has 2 fully saturated rings. The minimum atomic E-state index is 0.0122. The van der Waals surface area contributed by atoms with Crippen LogP contribution in [0.4, 0.5) is 5.82 Å². The lowest BCUT2D eigenvalue weighted by Crippen LogP contribution is -2.37. The molecule has 1 aromatic rings. The van der Waals surface area contributed by atoms with Crippen LogP contribution in [-0.2, 0) is 4.79 Å². The van der Waals surface area contributed by atoms with E-state index in [9.17, 15) is 4.79 Å². The number of amidine groups is 1. The summed E-state index contributed by atoms with van der Waals surface area (Å²) in [7, 11) is 0. The van der Waals surface area contributed by atoms with Crippen LogP contribution in [0.15, 0.2) is 17.3 Å². The Labute approximate surface area is 153 Å². The number of hydrogen-bond acceptors (Lipinski definition) is 5. The number of carbonyl (C=O) groups excluding carboxylic acids is 1. The zero-order valence-corrected chi connectivity index (χ0v) is 15.1. The van der Waals surface area contributed by atoms with Crippen molar-refractivity contribution in [2.75, 3.05) is 31.5 Å². The number of nitrogens with zero attached hydrogens (tertiary/aromatic N) is 3. The number of pyridine rings is 1. The van der Waals surface area contributed by atoms with Gasteiger partial charge in [0.2, 0.25) is 5.91 Å². The highest BCUT2D eigenvalue weighted by molar-refractivity contribution is 6.31. The summed E-state index contributed by atoms with van der Waals surface area (Å²) < 4.78 is 0. The number of aromatic nitrogens is 1. The van der Waals surface area contributed by atoms with Crippen molar-refractivity contribution in [3.05, 3.63) is 22.8 Å². The molecule has 4 heterocycles. The third kappa shape index (κ3) is 3.51. The Kier molecular flexibility index (Phi) is 4.90. The second kappa shape index (κ2) is 7.30. The first-order valence-corrected chi connectivity index (χ1v) is 9.57. The van der Waals surface area contributed by atoms with Crippen molar-refractivity contribution in [3.63, 3.8) is 0 Å². The Balaban J connectivity index is 1.50. The highest BCUT2D eigenvalue weighted by Gasteiger charge is 2.32. The molecule has 7 heteroatoms. The van der Waals surface area contributed by atoms with Crippen LogP contribution >= 0.6 is 11.6 Å². The molecule has 0 saturated carbocycles. The first kappa shape index (κ1) is 16.8. The van der Waals surface area contributed by atoms with Gasteiger partial charge in [0.1, 0.15) is 5.82 Å². The maximum absolute atomic E-state index is 12.5. The second-order valence-corrected chi connectivity index (χ2v) is 7.45. The Morgan fingerprint density at radius 2 is 2.28 bits per heavy atom. The number of hydrogen-bond donors (Lipinski definition) is 2. The number of halogens is 1. The van der Waals surface area contributed by atoms with Crippen LogP contribution in [0.5, 0.6) is 0 Å². The summed E-state index contributed by atoms with van der Waals surface area (Å²) in [6, 6.07) is 2.09. The zero-order valence-electron chi connectivity index (χ0n) is 14.3. The van der Waals surface area contributed by atoms with Crippen LogP contribution in [0.25, 0.3) is 0 Å². The molecule has 4 rings (SSSR count). The molecule has 1 amide bonds. The van der Waals surface area contributed by atoms with E-state index in [-0.39, 0.29) is 17.9 Å². The van der Waals surface area contributed by atoms with Crippen LogP contribution in [0, 0.1) is 5.92 Å². The molecule has 6 nitrogen and oxygen atoms in total. The Hall–Kier alpha value is -1.66. The molecule has 134 valence electrons. The molecule has 25 heavy (non-hydrogen) atoms. The average Bonchev–Trinajstić information content (AvgIpc) is 3.08. The molecule has 2 atom stereocenters. The molecule has 2 saturated heterocycles. The van der Waals surface area contributed by atoms with Gasteiger partial charge < -0.3 is 15.5 Å². The van der Waals surface area contributed by atoms with Gasteiger partial charge >= 0.3 is 0 Å². The van der Waals surface area contributed by atoms with Gasteiger partial charge in [0, 0.05) is 31.3 Å². The molecule has 0 spiro atoms. The fourth-order valence-corrected chi connectivity index (χ4v) is 4.21. The number of amides is 1. The van der Waals surface area contributed by atoms with Crippen LogP contribution < -0.4 is 10.6 Å². The van der Waals surface area contributed by atoms with Crippen LogP contribution in [0.1, 0.15) is 43.7 Å². The Morgan fingerprint density at radius 3 is 3.12 bits per heavy atom. The van der Waals surface area contributed by atoms with Gasteiger partial charge in [0.15, 0.2) is 0 Å². The quantitative estimate of drug-likeness (QED) is 0.868. The van der Waals surface area contributed by atoms with E-state index in [1.807, 2.05) is 6.07 Å². The van der Waals surface area contributed by atoms with Gasteiger partial charge in [-0.2, -0.15) is 0 Å². The van der Waals surface area contributed by atoms with Gasteiger partial charge in [-0.1, -0.05) is 11.6 Å². The minimum Gasteiger partial charge on any atom is -0.351 e. The second-order valence-electron chi connectivity index (χ2n) is 7.05. The van der Waals surface area contributed by atoms with Gasteiger partial charge in [0.05, 0.1) is 29.4 Å². The van der Waals surface area contributed by atoms with Crippen LogP contribution in [0.2, 0.25) is 5.02 Å². The summed E-state index contributed by atoms with van der Waals surface area (Å²) >= 11 is 6.43. The molecular weight excluding hydrogens is 338 g/mol. The highest BCUT2D eigenvalue weighted by atomic mass is 35.5. The largest absolute Gasteiger partial charge is 0.351 e. The molecule has 0 radical (unpaired) electrons. The smallest absolute Gasteiger partial charge is 0.229 e. The van der Waals surface area contributed by atoms with Crippen molar-refractivity contribution >= 4 is 29.2 Å². The van der Waals surface area contributed by atoms with Crippen molar-refractivity contribution in [1.29, 1.82) is 0 Å². The predicted molar refractivity (Wildman–Crippen MR) is 99.1 cm³/mol. The highest BCUT2D eigenvalue weighted by Crippen LogP contribution is 2.35. The molecule has 0 bridgehead atoms. The average molecular weight is 362 g/mol. The molecule has 0 aliphatic carbocycles. The van der Waals surface area contributed by atoms with Crippen molar-refractivity contribution in [2.24, 2.45) is 10.9 Å². The van der Waals surface area contributed by atoms with E-state index in [2.05, 4.69) is 25.5 Å². The molecule has 2 N–H and O–H groups in total. The number of aliphatic imine (C=N–C) groups is 1. The van der Waals surface area contributed by atoms with Gasteiger partial charge in [-0.3, -0.25) is 9.79 Å². The van der Waals surface area contributed by atoms with Gasteiger partial charge in [-0.25, -0.2) is 4.98 Å². The molecule has 3 aliphatic rings. The van der Waals surface area contributed by atoms with E-state index >= 15 is 0 Å². The number of anilines is 1. The van der Waals surface area contributed by atoms with Crippen LogP contribution in [-0.4, -0.2) is 47.8 Å². The van der Waals surface area contributed by atoms with Crippen molar-refractivity contribution < 1.29 is 4.79 Å². The predicted octanol–water partition coefficient (Wildman–Crippen LogP) is 2.61. The van der Waals surface area contributed by atoms with Gasteiger partial charge in [-0.05, 0) is 38.3 Å². The fraction of sp³-hybridized carbons (Fsp3) is 0.611. The third-order valence-electron chi connectivity index (χ3n) is 5.37. The lowest BCUT2D eigenvalue weighted by molar-refractivity contribution is -0.120. The number of carbonyl (C=O) groups is 1. The van der Waals surface area contributed by atoms with Crippen molar-refractivity contribution in [3.8, 4) is 0 Å². The van der Waals surface area contributed by atoms with E-state index in [0.29, 0.717) is 10.8 Å². The normalized spacial score (nSPS) is 26.1.